The number of carbonyl (C=O) groups excluding carboxylic acids is 1. The van der Waals surface area contributed by atoms with Crippen molar-refractivity contribution < 1.29 is 19.5 Å². The highest BCUT2D eigenvalue weighted by atomic mass is 16.6. The van der Waals surface area contributed by atoms with Gasteiger partial charge in [-0.2, -0.15) is 5.48 Å². The lowest BCUT2D eigenvalue weighted by Gasteiger charge is -2.20. The number of aliphatic hydroxyl groups is 1. The fourth-order valence-corrected chi connectivity index (χ4v) is 0.944. The summed E-state index contributed by atoms with van der Waals surface area (Å²) in [5.74, 6) is 0. The summed E-state index contributed by atoms with van der Waals surface area (Å²) in [6.07, 6.45) is -0.378. The zero-order valence-corrected chi connectivity index (χ0v) is 11.9. The van der Waals surface area contributed by atoms with Crippen LogP contribution in [0.3, 0.4) is 0 Å². The molecule has 0 saturated carbocycles. The predicted molar refractivity (Wildman–Crippen MR) is 69.1 cm³/mol. The molecule has 0 bridgehead atoms. The molecule has 0 saturated heterocycles. The number of hydrogen-bond acceptors (Lipinski definition) is 5. The standard InChI is InChI=1S/C12H26N2O4/c1-6-9(2)14-17-8-10(15)7-13-11(16)18-12(3,4)5/h9-10,14-15H,6-8H2,1-5H3,(H,13,16). The fourth-order valence-electron chi connectivity index (χ4n) is 0.944. The first kappa shape index (κ1) is 17.2. The predicted octanol–water partition coefficient (Wildman–Crippen LogP) is 1.19. The van der Waals surface area contributed by atoms with Gasteiger partial charge in [0.2, 0.25) is 0 Å². The van der Waals surface area contributed by atoms with Crippen molar-refractivity contribution in [3.05, 3.63) is 0 Å². The summed E-state index contributed by atoms with van der Waals surface area (Å²) in [6, 6.07) is 0.232. The molecule has 0 rings (SSSR count). The van der Waals surface area contributed by atoms with Crippen LogP contribution in [0, 0.1) is 0 Å². The molecular formula is C12H26N2O4. The molecule has 2 unspecified atom stereocenters. The summed E-state index contributed by atoms with van der Waals surface area (Å²) in [7, 11) is 0. The highest BCUT2D eigenvalue weighted by Gasteiger charge is 2.16. The van der Waals surface area contributed by atoms with Crippen molar-refractivity contribution in [3.8, 4) is 0 Å². The molecule has 0 aromatic carbocycles. The first-order valence-corrected chi connectivity index (χ1v) is 6.26. The smallest absolute Gasteiger partial charge is 0.407 e. The van der Waals surface area contributed by atoms with Gasteiger partial charge in [-0.3, -0.25) is 4.84 Å². The van der Waals surface area contributed by atoms with E-state index >= 15 is 0 Å². The molecule has 0 heterocycles. The summed E-state index contributed by atoms with van der Waals surface area (Å²) in [6.45, 7) is 9.55. The zero-order valence-electron chi connectivity index (χ0n) is 11.9. The average molecular weight is 262 g/mol. The Morgan fingerprint density at radius 1 is 1.39 bits per heavy atom. The lowest BCUT2D eigenvalue weighted by atomic mass is 10.2. The third kappa shape index (κ3) is 10.3. The van der Waals surface area contributed by atoms with Crippen LogP contribution in [0.4, 0.5) is 4.79 Å². The SMILES string of the molecule is CCC(C)NOCC(O)CNC(=O)OC(C)(C)C. The van der Waals surface area contributed by atoms with Crippen LogP contribution in [0.5, 0.6) is 0 Å². The van der Waals surface area contributed by atoms with Crippen LogP contribution >= 0.6 is 0 Å². The van der Waals surface area contributed by atoms with Gasteiger partial charge in [0.1, 0.15) is 5.60 Å². The van der Waals surface area contributed by atoms with Crippen LogP contribution in [-0.4, -0.2) is 42.1 Å². The van der Waals surface area contributed by atoms with E-state index < -0.39 is 17.8 Å². The van der Waals surface area contributed by atoms with Gasteiger partial charge in [0.15, 0.2) is 0 Å². The van der Waals surface area contributed by atoms with Gasteiger partial charge < -0.3 is 15.2 Å². The van der Waals surface area contributed by atoms with Crippen LogP contribution in [0.2, 0.25) is 0 Å². The second kappa shape index (κ2) is 8.29. The largest absolute Gasteiger partial charge is 0.444 e. The first-order valence-electron chi connectivity index (χ1n) is 6.26. The van der Waals surface area contributed by atoms with E-state index in [-0.39, 0.29) is 19.2 Å². The van der Waals surface area contributed by atoms with Crippen molar-refractivity contribution in [2.75, 3.05) is 13.2 Å². The van der Waals surface area contributed by atoms with E-state index in [9.17, 15) is 9.90 Å². The molecule has 6 nitrogen and oxygen atoms in total. The van der Waals surface area contributed by atoms with Gasteiger partial charge in [0.25, 0.3) is 0 Å². The topological polar surface area (TPSA) is 79.8 Å². The molecular weight excluding hydrogens is 236 g/mol. The van der Waals surface area contributed by atoms with Crippen LogP contribution in [-0.2, 0) is 9.57 Å². The maximum atomic E-state index is 11.3. The molecule has 0 aromatic heterocycles. The van der Waals surface area contributed by atoms with Crippen molar-refractivity contribution in [2.24, 2.45) is 0 Å². The third-order valence-corrected chi connectivity index (χ3v) is 2.05. The minimum absolute atomic E-state index is 0.0943. The van der Waals surface area contributed by atoms with Crippen LogP contribution in [0.1, 0.15) is 41.0 Å². The maximum absolute atomic E-state index is 11.3. The van der Waals surface area contributed by atoms with E-state index in [4.69, 9.17) is 9.57 Å². The Kier molecular flexibility index (Phi) is 7.90. The highest BCUT2D eigenvalue weighted by Crippen LogP contribution is 2.06. The van der Waals surface area contributed by atoms with E-state index in [1.807, 2.05) is 13.8 Å². The fraction of sp³-hybridized carbons (Fsp3) is 0.917. The highest BCUT2D eigenvalue weighted by molar-refractivity contribution is 5.67. The van der Waals surface area contributed by atoms with E-state index in [0.29, 0.717) is 0 Å². The molecule has 0 fully saturated rings. The molecule has 3 N–H and O–H groups in total. The van der Waals surface area contributed by atoms with E-state index in [0.717, 1.165) is 6.42 Å². The van der Waals surface area contributed by atoms with Gasteiger partial charge in [-0.15, -0.1) is 0 Å². The second-order valence-electron chi connectivity index (χ2n) is 5.27. The number of aliphatic hydroxyl groups excluding tert-OH is 1. The number of rotatable bonds is 7. The Hall–Kier alpha value is -0.850. The normalized spacial score (nSPS) is 15.0. The van der Waals surface area contributed by atoms with E-state index in [1.165, 1.54) is 0 Å². The lowest BCUT2D eigenvalue weighted by Crippen LogP contribution is -2.39. The summed E-state index contributed by atoms with van der Waals surface area (Å²) in [4.78, 5) is 16.4. The van der Waals surface area contributed by atoms with Gasteiger partial charge in [-0.25, -0.2) is 4.79 Å². The van der Waals surface area contributed by atoms with Gasteiger partial charge in [-0.05, 0) is 34.1 Å². The minimum atomic E-state index is -0.769. The Morgan fingerprint density at radius 2 is 2.00 bits per heavy atom. The third-order valence-electron chi connectivity index (χ3n) is 2.05. The molecule has 0 aliphatic rings. The number of nitrogens with one attached hydrogen (secondary N) is 2. The summed E-state index contributed by atoms with van der Waals surface area (Å²) in [5.41, 5.74) is 2.25. The monoisotopic (exact) mass is 262 g/mol. The molecule has 18 heavy (non-hydrogen) atoms. The molecule has 0 spiro atoms. The Bertz CT molecular complexity index is 241. The quantitative estimate of drug-likeness (QED) is 0.601. The number of carbonyl (C=O) groups is 1. The van der Waals surface area contributed by atoms with Gasteiger partial charge in [0.05, 0.1) is 12.7 Å². The van der Waals surface area contributed by atoms with E-state index in [2.05, 4.69) is 10.8 Å². The zero-order chi connectivity index (χ0) is 14.2. The molecule has 0 radical (unpaired) electrons. The first-order chi connectivity index (χ1) is 8.24. The molecule has 0 aromatic rings. The second-order valence-corrected chi connectivity index (χ2v) is 5.27. The summed E-state index contributed by atoms with van der Waals surface area (Å²) >= 11 is 0. The average Bonchev–Trinajstić information content (AvgIpc) is 2.23. The van der Waals surface area contributed by atoms with Gasteiger partial charge >= 0.3 is 6.09 Å². The number of alkyl carbamates (subject to hydrolysis) is 1. The molecule has 2 atom stereocenters. The maximum Gasteiger partial charge on any atom is 0.407 e. The van der Waals surface area contributed by atoms with Crippen LogP contribution in [0.25, 0.3) is 0 Å². The molecule has 6 heteroatoms. The van der Waals surface area contributed by atoms with Crippen molar-refractivity contribution >= 4 is 6.09 Å². The van der Waals surface area contributed by atoms with Crippen molar-refractivity contribution in [3.63, 3.8) is 0 Å². The molecule has 108 valence electrons. The van der Waals surface area contributed by atoms with Crippen LogP contribution in [0.15, 0.2) is 0 Å². The Balaban J connectivity index is 3.64. The van der Waals surface area contributed by atoms with Crippen LogP contribution < -0.4 is 10.8 Å². The Morgan fingerprint density at radius 3 is 2.50 bits per heavy atom. The minimum Gasteiger partial charge on any atom is -0.444 e. The van der Waals surface area contributed by atoms with Crippen molar-refractivity contribution in [2.45, 2.75) is 58.8 Å². The molecule has 0 aliphatic carbocycles. The number of amides is 1. The molecule has 0 aliphatic heterocycles. The summed E-state index contributed by atoms with van der Waals surface area (Å²) < 4.78 is 5.03. The van der Waals surface area contributed by atoms with Gasteiger partial charge in [0, 0.05) is 12.6 Å². The van der Waals surface area contributed by atoms with Crippen molar-refractivity contribution in [1.82, 2.24) is 10.8 Å². The Labute approximate surface area is 109 Å². The number of hydrogen-bond donors (Lipinski definition) is 3. The number of hydroxylamine groups is 1. The van der Waals surface area contributed by atoms with Gasteiger partial charge in [-0.1, -0.05) is 6.92 Å². The molecule has 1 amide bonds. The number of ether oxygens (including phenoxy) is 1. The van der Waals surface area contributed by atoms with Crippen molar-refractivity contribution in [1.29, 1.82) is 0 Å². The van der Waals surface area contributed by atoms with E-state index in [1.54, 1.807) is 20.8 Å². The lowest BCUT2D eigenvalue weighted by molar-refractivity contribution is -0.0328. The summed E-state index contributed by atoms with van der Waals surface area (Å²) in [5, 5.41) is 12.0.